The quantitative estimate of drug-likeness (QED) is 0.357. The van der Waals surface area contributed by atoms with E-state index in [0.717, 1.165) is 32.3 Å². The van der Waals surface area contributed by atoms with Gasteiger partial charge in [-0.25, -0.2) is 0 Å². The van der Waals surface area contributed by atoms with E-state index in [2.05, 4.69) is 59.5 Å². The van der Waals surface area contributed by atoms with Gasteiger partial charge in [-0.2, -0.15) is 0 Å². The average molecular weight is 339 g/mol. The highest BCUT2D eigenvalue weighted by molar-refractivity contribution is 6.74. The molecule has 0 heterocycles. The lowest BCUT2D eigenvalue weighted by atomic mass is 9.87. The van der Waals surface area contributed by atoms with Crippen LogP contribution < -0.4 is 0 Å². The van der Waals surface area contributed by atoms with Gasteiger partial charge in [-0.1, -0.05) is 52.3 Å². The fraction of sp³-hybridized carbons (Fsp3) is 0.800. The fourth-order valence-electron chi connectivity index (χ4n) is 3.27. The summed E-state index contributed by atoms with van der Waals surface area (Å²) >= 11 is 0. The fourth-order valence-corrected chi connectivity index (χ4v) is 4.35. The molecule has 0 radical (unpaired) electrons. The molecule has 2 nitrogen and oxygen atoms in total. The maximum atomic E-state index is 10.2. The van der Waals surface area contributed by atoms with Gasteiger partial charge >= 0.3 is 0 Å². The monoisotopic (exact) mass is 338 g/mol. The first kappa shape index (κ1) is 20.7. The Hall–Kier alpha value is -0.383. The van der Waals surface area contributed by atoms with Crippen LogP contribution in [0.5, 0.6) is 0 Å². The van der Waals surface area contributed by atoms with Crippen molar-refractivity contribution in [1.29, 1.82) is 0 Å². The van der Waals surface area contributed by atoms with Crippen molar-refractivity contribution in [3.05, 3.63) is 24.8 Å². The molecule has 23 heavy (non-hydrogen) atoms. The second-order valence-corrected chi connectivity index (χ2v) is 13.3. The predicted octanol–water partition coefficient (Wildman–Crippen LogP) is 5.55. The molecule has 0 aromatic rings. The maximum Gasteiger partial charge on any atom is 0.191 e. The van der Waals surface area contributed by atoms with Crippen molar-refractivity contribution >= 4 is 8.32 Å². The molecule has 0 aromatic carbocycles. The van der Waals surface area contributed by atoms with Gasteiger partial charge in [0.15, 0.2) is 8.32 Å². The minimum atomic E-state index is -1.60. The van der Waals surface area contributed by atoms with Crippen molar-refractivity contribution in [3.63, 3.8) is 0 Å². The Morgan fingerprint density at radius 2 is 1.96 bits per heavy atom. The van der Waals surface area contributed by atoms with E-state index < -0.39 is 8.32 Å². The molecule has 0 bridgehead atoms. The van der Waals surface area contributed by atoms with Crippen molar-refractivity contribution in [3.8, 4) is 0 Å². The summed E-state index contributed by atoms with van der Waals surface area (Å²) in [6.07, 6.45) is 10.5. The van der Waals surface area contributed by atoms with Crippen LogP contribution in [0.3, 0.4) is 0 Å². The zero-order valence-electron chi connectivity index (χ0n) is 16.1. The number of hydrogen-bond donors (Lipinski definition) is 1. The lowest BCUT2D eigenvalue weighted by Gasteiger charge is -2.36. The van der Waals surface area contributed by atoms with Crippen molar-refractivity contribution in [1.82, 2.24) is 0 Å². The van der Waals surface area contributed by atoms with Gasteiger partial charge in [-0.05, 0) is 55.1 Å². The van der Waals surface area contributed by atoms with E-state index in [0.29, 0.717) is 17.8 Å². The minimum absolute atomic E-state index is 0.167. The first-order chi connectivity index (χ1) is 10.6. The second-order valence-electron chi connectivity index (χ2n) is 8.53. The van der Waals surface area contributed by atoms with Crippen LogP contribution in [0, 0.1) is 17.8 Å². The lowest BCUT2D eigenvalue weighted by Crippen LogP contribution is -2.40. The van der Waals surface area contributed by atoms with Crippen molar-refractivity contribution in [2.45, 2.75) is 77.6 Å². The number of hydrogen-bond acceptors (Lipinski definition) is 2. The average Bonchev–Trinajstić information content (AvgIpc) is 2.76. The van der Waals surface area contributed by atoms with E-state index in [1.54, 1.807) is 0 Å². The molecule has 1 fully saturated rings. The van der Waals surface area contributed by atoms with E-state index in [4.69, 9.17) is 4.43 Å². The Morgan fingerprint density at radius 1 is 1.30 bits per heavy atom. The number of aliphatic hydroxyl groups excluding tert-OH is 1. The minimum Gasteiger partial charge on any atom is -0.417 e. The van der Waals surface area contributed by atoms with Gasteiger partial charge in [0.25, 0.3) is 0 Å². The molecule has 0 spiro atoms. The van der Waals surface area contributed by atoms with E-state index in [9.17, 15) is 5.11 Å². The van der Waals surface area contributed by atoms with Gasteiger partial charge in [-0.15, -0.1) is 6.58 Å². The van der Waals surface area contributed by atoms with Crippen molar-refractivity contribution < 1.29 is 9.53 Å². The molecule has 134 valence electrons. The van der Waals surface area contributed by atoms with Crippen LogP contribution in [0.1, 0.15) is 53.4 Å². The molecular formula is C20H38O2Si. The standard InChI is InChI=1S/C20H38O2Si/c1-8-16-15-19(21)17(9-2)18(16)13-11-10-12-14-22-23(6,7)20(3,4)5/h8,11,13,16-19,21H,1,9-10,12,14-15H2,2-7H3/b13-11+/t16-,17-,18-,19+/m1/s1. The third-order valence-electron chi connectivity index (χ3n) is 5.91. The Balaban J connectivity index is 2.40. The van der Waals surface area contributed by atoms with Crippen molar-refractivity contribution in [2.75, 3.05) is 6.61 Å². The van der Waals surface area contributed by atoms with Gasteiger partial charge in [0.1, 0.15) is 0 Å². The van der Waals surface area contributed by atoms with Crippen molar-refractivity contribution in [2.24, 2.45) is 17.8 Å². The van der Waals surface area contributed by atoms with E-state index in [1.807, 2.05) is 6.08 Å². The highest BCUT2D eigenvalue weighted by atomic mass is 28.4. The molecule has 1 aliphatic carbocycles. The van der Waals surface area contributed by atoms with Crippen LogP contribution in [-0.4, -0.2) is 26.1 Å². The summed E-state index contributed by atoms with van der Waals surface area (Å²) in [4.78, 5) is 0. The number of unbranched alkanes of at least 4 members (excludes halogenated alkanes) is 1. The molecule has 1 rings (SSSR count). The van der Waals surface area contributed by atoms with E-state index in [-0.39, 0.29) is 11.1 Å². The first-order valence-electron chi connectivity index (χ1n) is 9.25. The number of rotatable bonds is 8. The Kier molecular flexibility index (Phi) is 7.76. The molecule has 0 aliphatic heterocycles. The van der Waals surface area contributed by atoms with Gasteiger partial charge in [-0.3, -0.25) is 0 Å². The highest BCUT2D eigenvalue weighted by Gasteiger charge is 2.38. The Labute approximate surface area is 145 Å². The first-order valence-corrected chi connectivity index (χ1v) is 12.2. The Bertz CT molecular complexity index is 395. The van der Waals surface area contributed by atoms with Crippen LogP contribution in [0.25, 0.3) is 0 Å². The SMILES string of the molecule is C=C[C@@H]1C[C@H](O)[C@H](CC)[C@@H]1/C=C/CCCO[Si](C)(C)C(C)(C)C. The lowest BCUT2D eigenvalue weighted by molar-refractivity contribution is 0.121. The molecular weight excluding hydrogens is 300 g/mol. The van der Waals surface area contributed by atoms with Crippen LogP contribution in [-0.2, 0) is 4.43 Å². The summed E-state index contributed by atoms with van der Waals surface area (Å²) < 4.78 is 6.22. The van der Waals surface area contributed by atoms with E-state index in [1.165, 1.54) is 0 Å². The molecule has 0 aromatic heterocycles. The van der Waals surface area contributed by atoms with Crippen LogP contribution in [0.15, 0.2) is 24.8 Å². The normalized spacial score (nSPS) is 29.3. The summed E-state index contributed by atoms with van der Waals surface area (Å²) in [7, 11) is -1.60. The molecule has 4 atom stereocenters. The summed E-state index contributed by atoms with van der Waals surface area (Å²) in [5.74, 6) is 1.27. The summed E-state index contributed by atoms with van der Waals surface area (Å²) in [5.41, 5.74) is 0. The zero-order chi connectivity index (χ0) is 17.7. The van der Waals surface area contributed by atoms with Crippen LogP contribution in [0.2, 0.25) is 18.1 Å². The molecule has 1 saturated carbocycles. The molecule has 0 saturated heterocycles. The van der Waals surface area contributed by atoms with Gasteiger partial charge in [0.2, 0.25) is 0 Å². The largest absolute Gasteiger partial charge is 0.417 e. The molecule has 1 aliphatic rings. The third kappa shape index (κ3) is 5.58. The third-order valence-corrected chi connectivity index (χ3v) is 10.5. The molecule has 0 amide bonds. The second kappa shape index (κ2) is 8.64. The maximum absolute atomic E-state index is 10.2. The predicted molar refractivity (Wildman–Crippen MR) is 103 cm³/mol. The summed E-state index contributed by atoms with van der Waals surface area (Å²) in [6, 6.07) is 0. The van der Waals surface area contributed by atoms with E-state index >= 15 is 0 Å². The highest BCUT2D eigenvalue weighted by Crippen LogP contribution is 2.41. The van der Waals surface area contributed by atoms with Crippen LogP contribution in [0.4, 0.5) is 0 Å². The topological polar surface area (TPSA) is 29.5 Å². The number of aliphatic hydroxyl groups is 1. The molecule has 0 unspecified atom stereocenters. The Morgan fingerprint density at radius 3 is 2.48 bits per heavy atom. The summed E-state index contributed by atoms with van der Waals surface area (Å²) in [6.45, 7) is 18.4. The molecule has 1 N–H and O–H groups in total. The number of allylic oxidation sites excluding steroid dienone is 3. The summed E-state index contributed by atoms with van der Waals surface area (Å²) in [5, 5.41) is 10.5. The van der Waals surface area contributed by atoms with Gasteiger partial charge in [0, 0.05) is 6.61 Å². The smallest absolute Gasteiger partial charge is 0.191 e. The van der Waals surface area contributed by atoms with Crippen LogP contribution >= 0.6 is 0 Å². The van der Waals surface area contributed by atoms with Gasteiger partial charge < -0.3 is 9.53 Å². The van der Waals surface area contributed by atoms with Gasteiger partial charge in [0.05, 0.1) is 6.10 Å². The molecule has 3 heteroatoms. The zero-order valence-corrected chi connectivity index (χ0v) is 17.1.